The van der Waals surface area contributed by atoms with Gasteiger partial charge in [-0.2, -0.15) is 0 Å². The van der Waals surface area contributed by atoms with Crippen molar-refractivity contribution in [2.45, 2.75) is 31.8 Å². The maximum Gasteiger partial charge on any atom is 0.329 e. The third-order valence-electron chi connectivity index (χ3n) is 4.25. The van der Waals surface area contributed by atoms with Crippen molar-refractivity contribution < 1.29 is 38.2 Å². The Hall–Kier alpha value is -3.43. The molecule has 2 amide bonds. The van der Waals surface area contributed by atoms with Gasteiger partial charge >= 0.3 is 17.9 Å². The molecule has 10 heteroatoms. The van der Waals surface area contributed by atoms with Crippen molar-refractivity contribution in [1.82, 2.24) is 10.6 Å². The highest BCUT2D eigenvalue weighted by Crippen LogP contribution is 2.15. The summed E-state index contributed by atoms with van der Waals surface area (Å²) in [5.74, 6) is -5.22. The van der Waals surface area contributed by atoms with Crippen LogP contribution in [0.2, 0.25) is 0 Å². The standard InChI is InChI=1S/C20H26N2O8/c1-12(23)21-15(10-13-8-6-5-7-9-13)18(25)22-17(20(27)30-4)14(19(26)29-3)11-16(24)28-2/h5-9,14-15,17H,10-11H2,1-4H3,(H,21,23)(H,22,25)/t14-,15-,17-/m0/s1. The first-order chi connectivity index (χ1) is 14.2. The number of carbonyl (C=O) groups is 5. The second-order valence-electron chi connectivity index (χ2n) is 6.36. The van der Waals surface area contributed by atoms with E-state index in [0.717, 1.165) is 26.9 Å². The minimum atomic E-state index is -1.53. The number of ether oxygens (including phenoxy) is 3. The first kappa shape index (κ1) is 24.6. The van der Waals surface area contributed by atoms with Gasteiger partial charge in [-0.15, -0.1) is 0 Å². The van der Waals surface area contributed by atoms with Gasteiger partial charge < -0.3 is 24.8 Å². The maximum atomic E-state index is 12.9. The number of nitrogens with one attached hydrogen (secondary N) is 2. The third-order valence-corrected chi connectivity index (χ3v) is 4.25. The summed E-state index contributed by atoms with van der Waals surface area (Å²) in [4.78, 5) is 60.7. The van der Waals surface area contributed by atoms with Crippen LogP contribution < -0.4 is 10.6 Å². The normalized spacial score (nSPS) is 13.2. The van der Waals surface area contributed by atoms with Crippen molar-refractivity contribution in [2.75, 3.05) is 21.3 Å². The van der Waals surface area contributed by atoms with E-state index in [1.807, 2.05) is 0 Å². The second-order valence-corrected chi connectivity index (χ2v) is 6.36. The van der Waals surface area contributed by atoms with Crippen LogP contribution in [0.4, 0.5) is 0 Å². The molecule has 1 rings (SSSR count). The summed E-state index contributed by atoms with van der Waals surface area (Å²) < 4.78 is 13.9. The highest BCUT2D eigenvalue weighted by atomic mass is 16.5. The lowest BCUT2D eigenvalue weighted by Gasteiger charge is -2.26. The molecule has 0 saturated carbocycles. The Morgan fingerprint density at radius 2 is 1.47 bits per heavy atom. The molecule has 2 N–H and O–H groups in total. The highest BCUT2D eigenvalue weighted by Gasteiger charge is 2.39. The average molecular weight is 422 g/mol. The Balaban J connectivity index is 3.15. The van der Waals surface area contributed by atoms with Crippen LogP contribution in [0.25, 0.3) is 0 Å². The monoisotopic (exact) mass is 422 g/mol. The third kappa shape index (κ3) is 7.53. The molecule has 0 heterocycles. The summed E-state index contributed by atoms with van der Waals surface area (Å²) in [6.45, 7) is 1.25. The SMILES string of the molecule is COC(=O)C[C@H](C(=O)OC)[C@H](NC(=O)[C@H](Cc1ccccc1)NC(C)=O)C(=O)OC. The smallest absolute Gasteiger partial charge is 0.329 e. The molecule has 30 heavy (non-hydrogen) atoms. The van der Waals surface area contributed by atoms with Crippen molar-refractivity contribution in [3.63, 3.8) is 0 Å². The van der Waals surface area contributed by atoms with E-state index in [-0.39, 0.29) is 6.42 Å². The number of hydrogen-bond acceptors (Lipinski definition) is 8. The molecular weight excluding hydrogens is 396 g/mol. The molecule has 0 aliphatic rings. The quantitative estimate of drug-likeness (QED) is 0.389. The van der Waals surface area contributed by atoms with Gasteiger partial charge in [0.25, 0.3) is 0 Å². The number of carbonyl (C=O) groups excluding carboxylic acids is 5. The largest absolute Gasteiger partial charge is 0.469 e. The van der Waals surface area contributed by atoms with Crippen LogP contribution in [0.15, 0.2) is 30.3 Å². The van der Waals surface area contributed by atoms with E-state index in [0.29, 0.717) is 0 Å². The molecule has 3 atom stereocenters. The van der Waals surface area contributed by atoms with E-state index >= 15 is 0 Å². The predicted octanol–water partition coefficient (Wildman–Crippen LogP) is -0.256. The molecular formula is C20H26N2O8. The first-order valence-corrected chi connectivity index (χ1v) is 9.07. The molecule has 1 aromatic carbocycles. The van der Waals surface area contributed by atoms with Crippen LogP contribution in [0, 0.1) is 5.92 Å². The molecule has 1 aromatic rings. The van der Waals surface area contributed by atoms with Gasteiger partial charge in [0.05, 0.1) is 33.7 Å². The molecule has 0 saturated heterocycles. The topological polar surface area (TPSA) is 137 Å². The van der Waals surface area contributed by atoms with Crippen molar-refractivity contribution in [3.05, 3.63) is 35.9 Å². The van der Waals surface area contributed by atoms with Crippen LogP contribution in [0.1, 0.15) is 18.9 Å². The zero-order valence-electron chi connectivity index (χ0n) is 17.3. The van der Waals surface area contributed by atoms with Gasteiger partial charge in [-0.05, 0) is 5.56 Å². The fourth-order valence-electron chi connectivity index (χ4n) is 2.76. The summed E-state index contributed by atoms with van der Waals surface area (Å²) >= 11 is 0. The van der Waals surface area contributed by atoms with Gasteiger partial charge in [0.15, 0.2) is 0 Å². The van der Waals surface area contributed by atoms with Crippen molar-refractivity contribution in [3.8, 4) is 0 Å². The van der Waals surface area contributed by atoms with Gasteiger partial charge in [-0.1, -0.05) is 30.3 Å². The van der Waals surface area contributed by atoms with E-state index in [2.05, 4.69) is 24.8 Å². The summed E-state index contributed by atoms with van der Waals surface area (Å²) in [6.07, 6.45) is -0.382. The zero-order valence-corrected chi connectivity index (χ0v) is 17.3. The van der Waals surface area contributed by atoms with Crippen LogP contribution in [-0.2, 0) is 44.6 Å². The summed E-state index contributed by atoms with van der Waals surface area (Å²) in [6, 6.07) is 6.34. The Labute approximate surface area is 174 Å². The molecule has 0 radical (unpaired) electrons. The number of methoxy groups -OCH3 is 3. The van der Waals surface area contributed by atoms with E-state index in [1.165, 1.54) is 6.92 Å². The predicted molar refractivity (Wildman–Crippen MR) is 104 cm³/mol. The summed E-state index contributed by atoms with van der Waals surface area (Å²) in [5.41, 5.74) is 0.764. The highest BCUT2D eigenvalue weighted by molar-refractivity contribution is 5.94. The van der Waals surface area contributed by atoms with Gasteiger partial charge in [0, 0.05) is 13.3 Å². The Kier molecular flexibility index (Phi) is 10.0. The number of benzene rings is 1. The summed E-state index contributed by atoms with van der Waals surface area (Å²) in [7, 11) is 3.27. The van der Waals surface area contributed by atoms with Gasteiger partial charge in [0.2, 0.25) is 11.8 Å². The van der Waals surface area contributed by atoms with Crippen molar-refractivity contribution in [2.24, 2.45) is 5.92 Å². The number of rotatable bonds is 10. The van der Waals surface area contributed by atoms with E-state index in [1.54, 1.807) is 30.3 Å². The summed E-state index contributed by atoms with van der Waals surface area (Å²) in [5, 5.41) is 4.92. The van der Waals surface area contributed by atoms with E-state index in [4.69, 9.17) is 0 Å². The second kappa shape index (κ2) is 12.2. The van der Waals surface area contributed by atoms with Crippen LogP contribution in [-0.4, -0.2) is 63.1 Å². The minimum absolute atomic E-state index is 0.139. The number of amides is 2. The Morgan fingerprint density at radius 1 is 0.867 bits per heavy atom. The first-order valence-electron chi connectivity index (χ1n) is 9.07. The number of esters is 3. The van der Waals surface area contributed by atoms with E-state index < -0.39 is 54.1 Å². The molecule has 0 fully saturated rings. The van der Waals surface area contributed by atoms with Crippen LogP contribution in [0.5, 0.6) is 0 Å². The minimum Gasteiger partial charge on any atom is -0.469 e. The van der Waals surface area contributed by atoms with Gasteiger partial charge in [-0.25, -0.2) is 4.79 Å². The Bertz CT molecular complexity index is 765. The molecule has 0 aromatic heterocycles. The van der Waals surface area contributed by atoms with Crippen LogP contribution >= 0.6 is 0 Å². The zero-order chi connectivity index (χ0) is 22.7. The lowest BCUT2D eigenvalue weighted by molar-refractivity contribution is -0.159. The lowest BCUT2D eigenvalue weighted by atomic mass is 9.95. The number of hydrogen-bond donors (Lipinski definition) is 2. The molecule has 0 aliphatic heterocycles. The molecule has 10 nitrogen and oxygen atoms in total. The molecule has 0 bridgehead atoms. The fraction of sp³-hybridized carbons (Fsp3) is 0.450. The average Bonchev–Trinajstić information content (AvgIpc) is 2.74. The molecule has 0 spiro atoms. The van der Waals surface area contributed by atoms with Crippen molar-refractivity contribution >= 4 is 29.7 Å². The molecule has 0 aliphatic carbocycles. The van der Waals surface area contributed by atoms with Gasteiger partial charge in [0.1, 0.15) is 12.1 Å². The van der Waals surface area contributed by atoms with Gasteiger partial charge in [-0.3, -0.25) is 19.2 Å². The Morgan fingerprint density at radius 3 is 1.97 bits per heavy atom. The van der Waals surface area contributed by atoms with E-state index in [9.17, 15) is 24.0 Å². The fourth-order valence-corrected chi connectivity index (χ4v) is 2.76. The molecule has 164 valence electrons. The maximum absolute atomic E-state index is 12.9. The van der Waals surface area contributed by atoms with Crippen LogP contribution in [0.3, 0.4) is 0 Å². The lowest BCUT2D eigenvalue weighted by Crippen LogP contribution is -2.56. The van der Waals surface area contributed by atoms with Crippen molar-refractivity contribution in [1.29, 1.82) is 0 Å². The molecule has 0 unspecified atom stereocenters.